The van der Waals surface area contributed by atoms with Crippen LogP contribution in [0, 0.1) is 0 Å². The molecule has 0 spiro atoms. The second-order valence-corrected chi connectivity index (χ2v) is 6.02. The first-order valence-corrected chi connectivity index (χ1v) is 8.00. The Labute approximate surface area is 137 Å². The lowest BCUT2D eigenvalue weighted by Gasteiger charge is -2.21. The van der Waals surface area contributed by atoms with Crippen LogP contribution in [0.5, 0.6) is 0 Å². The molecule has 23 heavy (non-hydrogen) atoms. The van der Waals surface area contributed by atoms with Gasteiger partial charge in [0.2, 0.25) is 0 Å². The van der Waals surface area contributed by atoms with E-state index in [0.717, 1.165) is 36.7 Å². The van der Waals surface area contributed by atoms with Crippen molar-refractivity contribution in [2.24, 2.45) is 0 Å². The van der Waals surface area contributed by atoms with Gasteiger partial charge in [-0.15, -0.1) is 6.58 Å². The summed E-state index contributed by atoms with van der Waals surface area (Å²) < 4.78 is 7.79. The monoisotopic (exact) mass is 309 g/mol. The highest BCUT2D eigenvalue weighted by Gasteiger charge is 2.16. The number of aromatic nitrogens is 2. The normalized spacial score (nSPS) is 11.7. The molecule has 3 rings (SSSR count). The maximum absolute atomic E-state index is 5.48. The Morgan fingerprint density at radius 2 is 2.04 bits per heavy atom. The number of imidazole rings is 1. The summed E-state index contributed by atoms with van der Waals surface area (Å²) in [6.45, 7) is 10.6. The molecule has 0 amide bonds. The van der Waals surface area contributed by atoms with E-state index < -0.39 is 0 Å². The Morgan fingerprint density at radius 3 is 2.74 bits per heavy atom. The summed E-state index contributed by atoms with van der Waals surface area (Å²) in [6, 6.07) is 12.6. The van der Waals surface area contributed by atoms with E-state index >= 15 is 0 Å². The predicted octanol–water partition coefficient (Wildman–Crippen LogP) is 4.40. The fourth-order valence-corrected chi connectivity index (χ4v) is 2.97. The second kappa shape index (κ2) is 6.84. The highest BCUT2D eigenvalue weighted by Crippen LogP contribution is 2.22. The molecule has 2 heterocycles. The molecule has 4 nitrogen and oxygen atoms in total. The summed E-state index contributed by atoms with van der Waals surface area (Å²) in [6.07, 6.45) is 3.64. The van der Waals surface area contributed by atoms with Gasteiger partial charge in [0.25, 0.3) is 0 Å². The zero-order valence-electron chi connectivity index (χ0n) is 13.8. The highest BCUT2D eigenvalue weighted by atomic mass is 16.3. The largest absolute Gasteiger partial charge is 0.468 e. The molecule has 0 atom stereocenters. The number of nitrogens with zero attached hydrogens (tertiary/aromatic N) is 3. The predicted molar refractivity (Wildman–Crippen MR) is 93.1 cm³/mol. The number of fused-ring (bicyclic) bond motifs is 1. The minimum Gasteiger partial charge on any atom is -0.468 e. The van der Waals surface area contributed by atoms with E-state index in [9.17, 15) is 0 Å². The molecule has 0 aliphatic carbocycles. The Hall–Kier alpha value is -2.33. The van der Waals surface area contributed by atoms with Crippen LogP contribution in [-0.4, -0.2) is 21.0 Å². The maximum atomic E-state index is 5.48. The Morgan fingerprint density at radius 1 is 1.22 bits per heavy atom. The third kappa shape index (κ3) is 3.37. The summed E-state index contributed by atoms with van der Waals surface area (Å²) in [4.78, 5) is 7.13. The molecular weight excluding hydrogens is 286 g/mol. The molecule has 3 aromatic rings. The second-order valence-electron chi connectivity index (χ2n) is 6.02. The maximum Gasteiger partial charge on any atom is 0.124 e. The molecule has 0 saturated heterocycles. The van der Waals surface area contributed by atoms with Crippen molar-refractivity contribution in [1.82, 2.24) is 14.5 Å². The van der Waals surface area contributed by atoms with E-state index in [-0.39, 0.29) is 0 Å². The van der Waals surface area contributed by atoms with Gasteiger partial charge in [0.05, 0.1) is 30.4 Å². The van der Waals surface area contributed by atoms with Crippen molar-refractivity contribution in [1.29, 1.82) is 0 Å². The van der Waals surface area contributed by atoms with Gasteiger partial charge in [-0.3, -0.25) is 4.90 Å². The van der Waals surface area contributed by atoms with Crippen LogP contribution >= 0.6 is 0 Å². The molecule has 2 aromatic heterocycles. The Balaban J connectivity index is 1.91. The summed E-state index contributed by atoms with van der Waals surface area (Å²) in [7, 11) is 0. The fourth-order valence-electron chi connectivity index (χ4n) is 2.97. The lowest BCUT2D eigenvalue weighted by atomic mass is 10.3. The third-order valence-corrected chi connectivity index (χ3v) is 3.90. The van der Waals surface area contributed by atoms with E-state index in [1.54, 1.807) is 6.26 Å². The van der Waals surface area contributed by atoms with Crippen molar-refractivity contribution in [3.05, 3.63) is 66.9 Å². The number of benzene rings is 1. The number of hydrogen-bond donors (Lipinski definition) is 0. The molecule has 0 aliphatic rings. The van der Waals surface area contributed by atoms with E-state index in [1.165, 1.54) is 5.52 Å². The first kappa shape index (κ1) is 15.6. The van der Waals surface area contributed by atoms with Crippen LogP contribution in [0.25, 0.3) is 11.0 Å². The van der Waals surface area contributed by atoms with Crippen LogP contribution < -0.4 is 0 Å². The smallest absolute Gasteiger partial charge is 0.124 e. The summed E-state index contributed by atoms with van der Waals surface area (Å²) in [5.41, 5.74) is 2.24. The van der Waals surface area contributed by atoms with E-state index in [0.29, 0.717) is 6.04 Å². The van der Waals surface area contributed by atoms with Crippen LogP contribution in [-0.2, 0) is 13.1 Å². The van der Waals surface area contributed by atoms with E-state index in [1.807, 2.05) is 24.3 Å². The number of para-hydroxylation sites is 2. The van der Waals surface area contributed by atoms with Crippen LogP contribution in [0.15, 0.2) is 59.7 Å². The van der Waals surface area contributed by atoms with Gasteiger partial charge in [0.15, 0.2) is 0 Å². The summed E-state index contributed by atoms with van der Waals surface area (Å²) in [5, 5.41) is 0. The van der Waals surface area contributed by atoms with Gasteiger partial charge in [-0.05, 0) is 38.1 Å². The third-order valence-electron chi connectivity index (χ3n) is 3.90. The first-order valence-electron chi connectivity index (χ1n) is 8.00. The number of rotatable bonds is 7. The van der Waals surface area contributed by atoms with Gasteiger partial charge in [-0.25, -0.2) is 4.98 Å². The standard InChI is InChI=1S/C19H23N3O/c1-4-11-21(13-16-8-7-12-23-16)14-19-20-17-9-5-6-10-18(17)22(19)15(2)3/h4-10,12,15H,1,11,13-14H2,2-3H3. The van der Waals surface area contributed by atoms with Crippen molar-refractivity contribution >= 4 is 11.0 Å². The molecule has 120 valence electrons. The van der Waals surface area contributed by atoms with Crippen molar-refractivity contribution in [2.75, 3.05) is 6.54 Å². The Bertz CT molecular complexity index is 771. The van der Waals surface area contributed by atoms with Crippen LogP contribution in [0.3, 0.4) is 0 Å². The van der Waals surface area contributed by atoms with Crippen LogP contribution in [0.1, 0.15) is 31.5 Å². The van der Waals surface area contributed by atoms with Crippen molar-refractivity contribution in [3.8, 4) is 0 Å². The minimum atomic E-state index is 0.367. The molecule has 0 unspecified atom stereocenters. The molecule has 0 saturated carbocycles. The molecule has 4 heteroatoms. The topological polar surface area (TPSA) is 34.2 Å². The first-order chi connectivity index (χ1) is 11.2. The van der Waals surface area contributed by atoms with Gasteiger partial charge in [-0.1, -0.05) is 18.2 Å². The van der Waals surface area contributed by atoms with Crippen molar-refractivity contribution < 1.29 is 4.42 Å². The lowest BCUT2D eigenvalue weighted by molar-refractivity contribution is 0.250. The van der Waals surface area contributed by atoms with E-state index in [4.69, 9.17) is 9.40 Å². The average molecular weight is 309 g/mol. The molecule has 1 aromatic carbocycles. The lowest BCUT2D eigenvalue weighted by Crippen LogP contribution is -2.25. The zero-order valence-corrected chi connectivity index (χ0v) is 13.8. The zero-order chi connectivity index (χ0) is 16.2. The van der Waals surface area contributed by atoms with Crippen molar-refractivity contribution in [2.45, 2.75) is 33.0 Å². The van der Waals surface area contributed by atoms with Gasteiger partial charge in [0, 0.05) is 12.6 Å². The minimum absolute atomic E-state index is 0.367. The van der Waals surface area contributed by atoms with E-state index in [2.05, 4.69) is 48.1 Å². The molecule has 0 aliphatic heterocycles. The van der Waals surface area contributed by atoms with Gasteiger partial charge in [-0.2, -0.15) is 0 Å². The Kier molecular flexibility index (Phi) is 4.63. The summed E-state index contributed by atoms with van der Waals surface area (Å²) >= 11 is 0. The molecule has 0 fully saturated rings. The summed E-state index contributed by atoms with van der Waals surface area (Å²) in [5.74, 6) is 2.04. The molecule has 0 radical (unpaired) electrons. The van der Waals surface area contributed by atoms with Crippen molar-refractivity contribution in [3.63, 3.8) is 0 Å². The fraction of sp³-hybridized carbons (Fsp3) is 0.316. The average Bonchev–Trinajstić information content (AvgIpc) is 3.14. The van der Waals surface area contributed by atoms with Crippen LogP contribution in [0.2, 0.25) is 0 Å². The van der Waals surface area contributed by atoms with Crippen LogP contribution in [0.4, 0.5) is 0 Å². The van der Waals surface area contributed by atoms with Gasteiger partial charge in [0.1, 0.15) is 11.6 Å². The highest BCUT2D eigenvalue weighted by molar-refractivity contribution is 5.76. The molecule has 0 bridgehead atoms. The number of hydrogen-bond acceptors (Lipinski definition) is 3. The molecular formula is C19H23N3O. The quantitative estimate of drug-likeness (QED) is 0.607. The SMILES string of the molecule is C=CCN(Cc1ccco1)Cc1nc2ccccc2n1C(C)C. The number of furan rings is 1. The van der Waals surface area contributed by atoms with Gasteiger partial charge < -0.3 is 8.98 Å². The van der Waals surface area contributed by atoms with Gasteiger partial charge >= 0.3 is 0 Å². The molecule has 0 N–H and O–H groups in total.